The zero-order valence-electron chi connectivity index (χ0n) is 9.15. The minimum Gasteiger partial charge on any atom is -0.465 e. The monoisotopic (exact) mass is 259 g/mol. The van der Waals surface area contributed by atoms with Crippen molar-refractivity contribution in [2.45, 2.75) is 26.0 Å². The van der Waals surface area contributed by atoms with Crippen LogP contribution in [-0.4, -0.2) is 44.1 Å². The van der Waals surface area contributed by atoms with Gasteiger partial charge in [0, 0.05) is 6.54 Å². The Morgan fingerprint density at radius 2 is 1.94 bits per heavy atom. The molecule has 8 heteroatoms. The fraction of sp³-hybridized carbons (Fsp3) is 0.875. The van der Waals surface area contributed by atoms with Crippen molar-refractivity contribution in [1.82, 2.24) is 4.31 Å². The lowest BCUT2D eigenvalue weighted by atomic mass is 10.5. The number of sulfonamides is 1. The van der Waals surface area contributed by atoms with Crippen LogP contribution in [0.3, 0.4) is 0 Å². The Balaban J connectivity index is 4.68. The number of nitrogens with zero attached hydrogens (tertiary/aromatic N) is 1. The van der Waals surface area contributed by atoms with Gasteiger partial charge < -0.3 is 4.74 Å². The summed E-state index contributed by atoms with van der Waals surface area (Å²) in [6.45, 7) is 2.44. The molecule has 96 valence electrons. The summed E-state index contributed by atoms with van der Waals surface area (Å²) < 4.78 is 51.7. The Morgan fingerprint density at radius 3 is 2.31 bits per heavy atom. The summed E-state index contributed by atoms with van der Waals surface area (Å²) in [4.78, 5) is 11.0. The lowest BCUT2D eigenvalue weighted by Crippen LogP contribution is -2.40. The number of ether oxygens (including phenoxy) is 1. The van der Waals surface area contributed by atoms with Crippen molar-refractivity contribution in [2.75, 3.05) is 19.7 Å². The molecule has 0 aromatic rings. The molecule has 0 fully saturated rings. The number of alkyl halides is 2. The van der Waals surface area contributed by atoms with Crippen molar-refractivity contribution in [2.24, 2.45) is 0 Å². The third kappa shape index (κ3) is 4.40. The highest BCUT2D eigenvalue weighted by Gasteiger charge is 2.33. The van der Waals surface area contributed by atoms with Crippen molar-refractivity contribution in [1.29, 1.82) is 0 Å². The van der Waals surface area contributed by atoms with Gasteiger partial charge in [0.05, 0.1) is 6.61 Å². The minimum absolute atomic E-state index is 0.0769. The highest BCUT2D eigenvalue weighted by Crippen LogP contribution is 2.12. The predicted octanol–water partition coefficient (Wildman–Crippen LogP) is 0.814. The van der Waals surface area contributed by atoms with Gasteiger partial charge in [-0.2, -0.15) is 13.1 Å². The molecule has 5 nitrogen and oxygen atoms in total. The van der Waals surface area contributed by atoms with Gasteiger partial charge in [-0.15, -0.1) is 0 Å². The fourth-order valence-electron chi connectivity index (χ4n) is 1.01. The summed E-state index contributed by atoms with van der Waals surface area (Å²) >= 11 is 0. The molecule has 0 radical (unpaired) electrons. The summed E-state index contributed by atoms with van der Waals surface area (Å²) in [5, 5.41) is 0. The summed E-state index contributed by atoms with van der Waals surface area (Å²) in [5.41, 5.74) is 0. The zero-order chi connectivity index (χ0) is 12.8. The van der Waals surface area contributed by atoms with Crippen LogP contribution < -0.4 is 0 Å². The standard InChI is InChI=1S/C8H15F2NO4S/c1-3-5-11(6-7(12)15-4-2)16(13,14)8(9)10/h8H,3-6H2,1-2H3. The van der Waals surface area contributed by atoms with Gasteiger partial charge in [-0.05, 0) is 13.3 Å². The molecule has 0 atom stereocenters. The number of hydrogen-bond donors (Lipinski definition) is 0. The first-order chi connectivity index (χ1) is 7.36. The number of carbonyl (C=O) groups is 1. The van der Waals surface area contributed by atoms with Crippen molar-refractivity contribution in [3.05, 3.63) is 0 Å². The maximum Gasteiger partial charge on any atom is 0.350 e. The van der Waals surface area contributed by atoms with E-state index in [0.29, 0.717) is 10.7 Å². The molecule has 0 rings (SSSR count). The molecule has 0 aromatic carbocycles. The van der Waals surface area contributed by atoms with E-state index >= 15 is 0 Å². The number of esters is 1. The number of rotatable bonds is 7. The molecule has 0 saturated carbocycles. The van der Waals surface area contributed by atoms with Gasteiger partial charge in [-0.25, -0.2) is 8.42 Å². The topological polar surface area (TPSA) is 63.7 Å². The zero-order valence-corrected chi connectivity index (χ0v) is 9.97. The van der Waals surface area contributed by atoms with E-state index in [-0.39, 0.29) is 13.2 Å². The predicted molar refractivity (Wildman–Crippen MR) is 53.4 cm³/mol. The number of halogens is 2. The Bertz CT molecular complexity index is 318. The molecule has 0 aliphatic heterocycles. The first-order valence-corrected chi connectivity index (χ1v) is 6.29. The first-order valence-electron chi connectivity index (χ1n) is 4.79. The van der Waals surface area contributed by atoms with Crippen molar-refractivity contribution in [3.63, 3.8) is 0 Å². The SMILES string of the molecule is CCCN(CC(=O)OCC)S(=O)(=O)C(F)F. The normalized spacial score (nSPS) is 12.1. The number of hydrogen-bond acceptors (Lipinski definition) is 4. The van der Waals surface area contributed by atoms with E-state index in [1.807, 2.05) is 0 Å². The van der Waals surface area contributed by atoms with Crippen LogP contribution in [0.2, 0.25) is 0 Å². The summed E-state index contributed by atoms with van der Waals surface area (Å²) in [7, 11) is -4.72. The molecule has 16 heavy (non-hydrogen) atoms. The van der Waals surface area contributed by atoms with Crippen molar-refractivity contribution < 1.29 is 26.7 Å². The number of carbonyl (C=O) groups excluding carboxylic acids is 1. The summed E-state index contributed by atoms with van der Waals surface area (Å²) in [6, 6.07) is 0. The van der Waals surface area contributed by atoms with Gasteiger partial charge in [-0.3, -0.25) is 4.79 Å². The van der Waals surface area contributed by atoms with E-state index in [4.69, 9.17) is 0 Å². The Hall–Kier alpha value is -0.760. The molecule has 0 aliphatic rings. The van der Waals surface area contributed by atoms with Crippen LogP contribution in [0, 0.1) is 0 Å². The Morgan fingerprint density at radius 1 is 1.38 bits per heavy atom. The van der Waals surface area contributed by atoms with E-state index in [1.165, 1.54) is 0 Å². The van der Waals surface area contributed by atoms with E-state index < -0.39 is 28.3 Å². The summed E-state index contributed by atoms with van der Waals surface area (Å²) in [5.74, 6) is -4.35. The van der Waals surface area contributed by atoms with Gasteiger partial charge in [0.2, 0.25) is 0 Å². The second-order valence-corrected chi connectivity index (χ2v) is 4.85. The average molecular weight is 259 g/mol. The smallest absolute Gasteiger partial charge is 0.350 e. The van der Waals surface area contributed by atoms with E-state index in [0.717, 1.165) is 0 Å². The maximum atomic E-state index is 12.2. The average Bonchev–Trinajstić information content (AvgIpc) is 2.17. The molecule has 0 spiro atoms. The maximum absolute atomic E-state index is 12.2. The van der Waals surface area contributed by atoms with E-state index in [1.54, 1.807) is 13.8 Å². The highest BCUT2D eigenvalue weighted by molar-refractivity contribution is 7.89. The fourth-order valence-corrected chi connectivity index (χ4v) is 1.96. The van der Waals surface area contributed by atoms with Gasteiger partial charge >= 0.3 is 11.7 Å². The van der Waals surface area contributed by atoms with Gasteiger partial charge in [0.15, 0.2) is 0 Å². The van der Waals surface area contributed by atoms with Crippen LogP contribution in [0.4, 0.5) is 8.78 Å². The molecular formula is C8H15F2NO4S. The Kier molecular flexibility index (Phi) is 6.42. The molecule has 0 unspecified atom stereocenters. The van der Waals surface area contributed by atoms with Gasteiger partial charge in [0.1, 0.15) is 6.54 Å². The molecule has 0 saturated heterocycles. The second kappa shape index (κ2) is 6.74. The molecule has 0 heterocycles. The van der Waals surface area contributed by atoms with E-state index in [2.05, 4.69) is 4.74 Å². The van der Waals surface area contributed by atoms with Crippen LogP contribution in [-0.2, 0) is 19.6 Å². The van der Waals surface area contributed by atoms with Gasteiger partial charge in [0.25, 0.3) is 10.0 Å². The van der Waals surface area contributed by atoms with Crippen LogP contribution in [0.5, 0.6) is 0 Å². The lowest BCUT2D eigenvalue weighted by Gasteiger charge is -2.19. The van der Waals surface area contributed by atoms with Crippen LogP contribution in [0.25, 0.3) is 0 Å². The first kappa shape index (κ1) is 15.2. The van der Waals surface area contributed by atoms with Crippen LogP contribution in [0.15, 0.2) is 0 Å². The molecule has 0 aromatic heterocycles. The quantitative estimate of drug-likeness (QED) is 0.635. The molecular weight excluding hydrogens is 244 g/mol. The van der Waals surface area contributed by atoms with Crippen LogP contribution in [0.1, 0.15) is 20.3 Å². The third-order valence-corrected chi connectivity index (χ3v) is 3.15. The summed E-state index contributed by atoms with van der Waals surface area (Å²) in [6.07, 6.45) is 0.339. The third-order valence-electron chi connectivity index (χ3n) is 1.67. The highest BCUT2D eigenvalue weighted by atomic mass is 32.2. The van der Waals surface area contributed by atoms with Crippen LogP contribution >= 0.6 is 0 Å². The largest absolute Gasteiger partial charge is 0.465 e. The van der Waals surface area contributed by atoms with Crippen molar-refractivity contribution >= 4 is 16.0 Å². The second-order valence-electron chi connectivity index (χ2n) is 2.94. The Labute approximate surface area is 93.4 Å². The van der Waals surface area contributed by atoms with Gasteiger partial charge in [-0.1, -0.05) is 6.92 Å². The minimum atomic E-state index is -4.72. The van der Waals surface area contributed by atoms with E-state index in [9.17, 15) is 22.0 Å². The molecule has 0 amide bonds. The molecule has 0 bridgehead atoms. The molecule has 0 aliphatic carbocycles. The lowest BCUT2D eigenvalue weighted by molar-refractivity contribution is -0.143. The van der Waals surface area contributed by atoms with Crippen molar-refractivity contribution in [3.8, 4) is 0 Å². The molecule has 0 N–H and O–H groups in total.